The summed E-state index contributed by atoms with van der Waals surface area (Å²) in [6, 6.07) is 3.27. The molecule has 0 aliphatic carbocycles. The molecule has 0 amide bonds. The Morgan fingerprint density at radius 2 is 2.19 bits per heavy atom. The molecule has 1 heterocycles. The van der Waals surface area contributed by atoms with E-state index in [2.05, 4.69) is 10.0 Å². The number of hydrogen-bond donors (Lipinski definition) is 2. The summed E-state index contributed by atoms with van der Waals surface area (Å²) in [6.45, 7) is 3.06. The molecule has 1 aromatic carbocycles. The standard InChI is InChI=1S/C13H19ClN2O3S.ClH/c1-9-6-12(19-2)11(14)7-13(9)20(17,18)16-8-10-4-3-5-15-10;/h6-7,10,15-16H,3-5,8H2,1-2H3;1H. The van der Waals surface area contributed by atoms with Crippen molar-refractivity contribution >= 4 is 34.0 Å². The Kier molecular flexibility index (Phi) is 6.74. The SMILES string of the molecule is COc1cc(C)c(S(=O)(=O)NCC2CCCN2)cc1Cl.Cl. The van der Waals surface area contributed by atoms with Crippen LogP contribution in [0, 0.1) is 6.92 Å². The van der Waals surface area contributed by atoms with E-state index < -0.39 is 10.0 Å². The van der Waals surface area contributed by atoms with Gasteiger partial charge in [0.15, 0.2) is 0 Å². The lowest BCUT2D eigenvalue weighted by molar-refractivity contribution is 0.414. The maximum absolute atomic E-state index is 12.3. The van der Waals surface area contributed by atoms with Gasteiger partial charge in [0.05, 0.1) is 17.0 Å². The number of benzene rings is 1. The minimum absolute atomic E-state index is 0. The van der Waals surface area contributed by atoms with Gasteiger partial charge in [0.2, 0.25) is 10.0 Å². The van der Waals surface area contributed by atoms with Crippen molar-refractivity contribution in [2.75, 3.05) is 20.2 Å². The third-order valence-electron chi connectivity index (χ3n) is 3.42. The Bertz CT molecular complexity index is 587. The Balaban J connectivity index is 0.00000220. The van der Waals surface area contributed by atoms with Crippen LogP contribution in [0.3, 0.4) is 0 Å². The van der Waals surface area contributed by atoms with Crippen molar-refractivity contribution in [1.82, 2.24) is 10.0 Å². The van der Waals surface area contributed by atoms with Crippen LogP contribution in [0.2, 0.25) is 5.02 Å². The molecule has 0 saturated carbocycles. The minimum Gasteiger partial charge on any atom is -0.495 e. The van der Waals surface area contributed by atoms with E-state index in [-0.39, 0.29) is 28.4 Å². The van der Waals surface area contributed by atoms with Crippen LogP contribution in [-0.2, 0) is 10.0 Å². The number of hydrogen-bond acceptors (Lipinski definition) is 4. The summed E-state index contributed by atoms with van der Waals surface area (Å²) in [6.07, 6.45) is 2.07. The van der Waals surface area contributed by atoms with Gasteiger partial charge in [-0.25, -0.2) is 13.1 Å². The fraction of sp³-hybridized carbons (Fsp3) is 0.538. The van der Waals surface area contributed by atoms with Crippen molar-refractivity contribution in [1.29, 1.82) is 0 Å². The van der Waals surface area contributed by atoms with Gasteiger partial charge in [0.1, 0.15) is 5.75 Å². The summed E-state index contributed by atoms with van der Waals surface area (Å²) in [4.78, 5) is 0.196. The number of aryl methyl sites for hydroxylation is 1. The third-order valence-corrected chi connectivity index (χ3v) is 5.28. The smallest absolute Gasteiger partial charge is 0.240 e. The Morgan fingerprint density at radius 3 is 2.76 bits per heavy atom. The molecule has 1 aromatic rings. The zero-order chi connectivity index (χ0) is 14.8. The molecule has 1 aliphatic heterocycles. The first-order valence-corrected chi connectivity index (χ1v) is 8.37. The Labute approximate surface area is 136 Å². The van der Waals surface area contributed by atoms with Gasteiger partial charge in [-0.05, 0) is 44.0 Å². The van der Waals surface area contributed by atoms with Gasteiger partial charge in [0.25, 0.3) is 0 Å². The number of methoxy groups -OCH3 is 1. The lowest BCUT2D eigenvalue weighted by Gasteiger charge is -2.14. The fourth-order valence-corrected chi connectivity index (χ4v) is 3.94. The maximum atomic E-state index is 12.3. The van der Waals surface area contributed by atoms with E-state index >= 15 is 0 Å². The second-order valence-corrected chi connectivity index (χ2v) is 7.04. The summed E-state index contributed by atoms with van der Waals surface area (Å²) in [5, 5.41) is 3.54. The molecule has 1 fully saturated rings. The van der Waals surface area contributed by atoms with E-state index in [9.17, 15) is 8.42 Å². The van der Waals surface area contributed by atoms with Gasteiger partial charge in [-0.15, -0.1) is 12.4 Å². The summed E-state index contributed by atoms with van der Waals surface area (Å²) in [5.41, 5.74) is 0.609. The molecule has 1 atom stereocenters. The van der Waals surface area contributed by atoms with Crippen LogP contribution in [0.4, 0.5) is 0 Å². The predicted octanol–water partition coefficient (Wildman–Crippen LogP) is 2.11. The molecule has 0 spiro atoms. The molecule has 120 valence electrons. The quantitative estimate of drug-likeness (QED) is 0.849. The monoisotopic (exact) mass is 354 g/mol. The van der Waals surface area contributed by atoms with Crippen molar-refractivity contribution in [3.05, 3.63) is 22.7 Å². The molecular formula is C13H20Cl2N2O3S. The first-order valence-electron chi connectivity index (χ1n) is 6.51. The summed E-state index contributed by atoms with van der Waals surface area (Å²) >= 11 is 6.01. The van der Waals surface area contributed by atoms with Gasteiger partial charge >= 0.3 is 0 Å². The summed E-state index contributed by atoms with van der Waals surface area (Å²) < 4.78 is 32.4. The van der Waals surface area contributed by atoms with Gasteiger partial charge in [0, 0.05) is 12.6 Å². The van der Waals surface area contributed by atoms with E-state index in [1.54, 1.807) is 13.0 Å². The molecule has 0 bridgehead atoms. The van der Waals surface area contributed by atoms with Crippen molar-refractivity contribution in [2.24, 2.45) is 0 Å². The highest BCUT2D eigenvalue weighted by Gasteiger charge is 2.22. The highest BCUT2D eigenvalue weighted by Crippen LogP contribution is 2.30. The van der Waals surface area contributed by atoms with Crippen LogP contribution < -0.4 is 14.8 Å². The summed E-state index contributed by atoms with van der Waals surface area (Å²) in [5.74, 6) is 0.473. The Hall–Kier alpha value is -0.530. The van der Waals surface area contributed by atoms with E-state index in [0.29, 0.717) is 17.9 Å². The van der Waals surface area contributed by atoms with E-state index in [0.717, 1.165) is 19.4 Å². The first kappa shape index (κ1) is 18.5. The number of rotatable bonds is 5. The van der Waals surface area contributed by atoms with Gasteiger partial charge in [-0.2, -0.15) is 0 Å². The highest BCUT2D eigenvalue weighted by molar-refractivity contribution is 7.89. The zero-order valence-electron chi connectivity index (χ0n) is 12.0. The van der Waals surface area contributed by atoms with Crippen molar-refractivity contribution in [3.63, 3.8) is 0 Å². The van der Waals surface area contributed by atoms with Crippen molar-refractivity contribution < 1.29 is 13.2 Å². The molecule has 8 heteroatoms. The molecule has 1 aliphatic rings. The molecule has 2 rings (SSSR count). The minimum atomic E-state index is -3.56. The van der Waals surface area contributed by atoms with Gasteiger partial charge in [-0.3, -0.25) is 0 Å². The highest BCUT2D eigenvalue weighted by atomic mass is 35.5. The lowest BCUT2D eigenvalue weighted by Crippen LogP contribution is -2.37. The average Bonchev–Trinajstić information content (AvgIpc) is 2.92. The first-order chi connectivity index (χ1) is 9.44. The molecule has 1 unspecified atom stereocenters. The van der Waals surface area contributed by atoms with Crippen molar-refractivity contribution in [3.8, 4) is 5.75 Å². The molecule has 1 saturated heterocycles. The van der Waals surface area contributed by atoms with E-state index in [1.807, 2.05) is 0 Å². The zero-order valence-corrected chi connectivity index (χ0v) is 14.4. The predicted molar refractivity (Wildman–Crippen MR) is 86.2 cm³/mol. The Morgan fingerprint density at radius 1 is 1.48 bits per heavy atom. The normalized spacial score (nSPS) is 18.3. The van der Waals surface area contributed by atoms with Crippen molar-refractivity contribution in [2.45, 2.75) is 30.7 Å². The van der Waals surface area contributed by atoms with Crippen LogP contribution in [0.1, 0.15) is 18.4 Å². The molecular weight excluding hydrogens is 335 g/mol. The molecule has 2 N–H and O–H groups in total. The number of sulfonamides is 1. The van der Waals surface area contributed by atoms with Crippen LogP contribution in [0.5, 0.6) is 5.75 Å². The van der Waals surface area contributed by atoms with Gasteiger partial charge in [-0.1, -0.05) is 11.6 Å². The number of nitrogens with one attached hydrogen (secondary N) is 2. The third kappa shape index (κ3) is 4.47. The summed E-state index contributed by atoms with van der Waals surface area (Å²) in [7, 11) is -2.06. The molecule has 21 heavy (non-hydrogen) atoms. The molecule has 0 radical (unpaired) electrons. The average molecular weight is 355 g/mol. The van der Waals surface area contributed by atoms with E-state index in [4.69, 9.17) is 16.3 Å². The maximum Gasteiger partial charge on any atom is 0.240 e. The van der Waals surface area contributed by atoms with Crippen LogP contribution in [0.15, 0.2) is 17.0 Å². The lowest BCUT2D eigenvalue weighted by atomic mass is 10.2. The van der Waals surface area contributed by atoms with Crippen LogP contribution >= 0.6 is 24.0 Å². The number of halogens is 2. The second kappa shape index (κ2) is 7.65. The second-order valence-electron chi connectivity index (χ2n) is 4.90. The molecule has 5 nitrogen and oxygen atoms in total. The van der Waals surface area contributed by atoms with Crippen LogP contribution in [-0.4, -0.2) is 34.7 Å². The van der Waals surface area contributed by atoms with E-state index in [1.165, 1.54) is 13.2 Å². The fourth-order valence-electron chi connectivity index (χ4n) is 2.30. The van der Waals surface area contributed by atoms with Crippen LogP contribution in [0.25, 0.3) is 0 Å². The largest absolute Gasteiger partial charge is 0.495 e. The van der Waals surface area contributed by atoms with Gasteiger partial charge < -0.3 is 10.1 Å². The molecule has 0 aromatic heterocycles. The topological polar surface area (TPSA) is 67.4 Å². The number of ether oxygens (including phenoxy) is 1.